The van der Waals surface area contributed by atoms with E-state index in [-0.39, 0.29) is 18.4 Å². The number of urea groups is 1. The van der Waals surface area contributed by atoms with E-state index in [1.165, 1.54) is 0 Å². The number of aromatic amines is 1. The Hall–Kier alpha value is -2.38. The van der Waals surface area contributed by atoms with Crippen molar-refractivity contribution >= 4 is 17.8 Å². The van der Waals surface area contributed by atoms with Crippen molar-refractivity contribution in [1.29, 1.82) is 0 Å². The summed E-state index contributed by atoms with van der Waals surface area (Å²) < 4.78 is 0. The van der Waals surface area contributed by atoms with E-state index in [4.69, 9.17) is 0 Å². The molecular weight excluding hydrogens is 346 g/mol. The van der Waals surface area contributed by atoms with Crippen LogP contribution in [-0.2, 0) is 16.0 Å². The van der Waals surface area contributed by atoms with Crippen LogP contribution in [0.1, 0.15) is 56.7 Å². The van der Waals surface area contributed by atoms with Crippen molar-refractivity contribution in [2.75, 3.05) is 13.1 Å². The number of aryl methyl sites for hydroxylation is 2. The van der Waals surface area contributed by atoms with Gasteiger partial charge in [-0.1, -0.05) is 13.3 Å². The lowest BCUT2D eigenvalue weighted by molar-refractivity contribution is -0.136. The van der Waals surface area contributed by atoms with E-state index in [2.05, 4.69) is 27.8 Å². The molecule has 0 unspecified atom stereocenters. The van der Waals surface area contributed by atoms with Crippen molar-refractivity contribution in [2.45, 2.75) is 64.3 Å². The van der Waals surface area contributed by atoms with Gasteiger partial charge in [0.05, 0.1) is 6.20 Å². The second-order valence-corrected chi connectivity index (χ2v) is 7.73. The molecule has 0 atom stereocenters. The number of imide groups is 1. The number of aromatic nitrogens is 2. The van der Waals surface area contributed by atoms with E-state index in [0.29, 0.717) is 25.3 Å². The van der Waals surface area contributed by atoms with Crippen molar-refractivity contribution < 1.29 is 14.4 Å². The Morgan fingerprint density at radius 1 is 1.37 bits per heavy atom. The number of nitrogens with zero attached hydrogens (tertiary/aromatic N) is 2. The summed E-state index contributed by atoms with van der Waals surface area (Å²) >= 11 is 0. The number of carbonyl (C=O) groups is 3. The van der Waals surface area contributed by atoms with Gasteiger partial charge in [-0.05, 0) is 56.9 Å². The highest BCUT2D eigenvalue weighted by Crippen LogP contribution is 2.37. The predicted molar refractivity (Wildman–Crippen MR) is 99.9 cm³/mol. The van der Waals surface area contributed by atoms with Crippen LogP contribution >= 0.6 is 0 Å². The Kier molecular flexibility index (Phi) is 5.82. The minimum Gasteiger partial charge on any atom is -0.355 e. The normalized spacial score (nSPS) is 25.1. The van der Waals surface area contributed by atoms with Crippen LogP contribution in [0.4, 0.5) is 4.79 Å². The van der Waals surface area contributed by atoms with Gasteiger partial charge in [-0.3, -0.25) is 19.6 Å². The lowest BCUT2D eigenvalue weighted by Gasteiger charge is -2.34. The molecule has 0 aromatic carbocycles. The number of rotatable bonds is 7. The fourth-order valence-corrected chi connectivity index (χ4v) is 4.07. The molecule has 0 radical (unpaired) electrons. The third kappa shape index (κ3) is 4.14. The number of amides is 4. The first kappa shape index (κ1) is 19.4. The van der Waals surface area contributed by atoms with Crippen molar-refractivity contribution in [3.63, 3.8) is 0 Å². The molecule has 27 heavy (non-hydrogen) atoms. The van der Waals surface area contributed by atoms with Crippen LogP contribution in [0.3, 0.4) is 0 Å². The summed E-state index contributed by atoms with van der Waals surface area (Å²) in [6.07, 6.45) is 7.68. The van der Waals surface area contributed by atoms with Crippen LogP contribution in [0.15, 0.2) is 6.20 Å². The Labute approximate surface area is 159 Å². The maximum absolute atomic E-state index is 12.8. The molecule has 2 heterocycles. The van der Waals surface area contributed by atoms with Gasteiger partial charge < -0.3 is 10.6 Å². The summed E-state index contributed by atoms with van der Waals surface area (Å²) in [5.74, 6) is 0.0736. The monoisotopic (exact) mass is 375 g/mol. The van der Waals surface area contributed by atoms with Gasteiger partial charge in [-0.25, -0.2) is 4.79 Å². The van der Waals surface area contributed by atoms with Crippen LogP contribution in [-0.4, -0.2) is 51.6 Å². The molecule has 1 aromatic rings. The summed E-state index contributed by atoms with van der Waals surface area (Å²) in [5.41, 5.74) is 1.37. The quantitative estimate of drug-likeness (QED) is 0.497. The van der Waals surface area contributed by atoms with Crippen LogP contribution < -0.4 is 10.6 Å². The molecule has 3 rings (SSSR count). The van der Waals surface area contributed by atoms with Crippen LogP contribution in [0.5, 0.6) is 0 Å². The molecule has 1 aliphatic carbocycles. The van der Waals surface area contributed by atoms with E-state index in [9.17, 15) is 14.4 Å². The van der Waals surface area contributed by atoms with Crippen molar-refractivity contribution in [2.24, 2.45) is 5.92 Å². The second-order valence-electron chi connectivity index (χ2n) is 7.73. The van der Waals surface area contributed by atoms with Gasteiger partial charge in [-0.2, -0.15) is 5.10 Å². The summed E-state index contributed by atoms with van der Waals surface area (Å²) in [5, 5.41) is 12.5. The molecule has 2 aliphatic rings. The molecule has 3 N–H and O–H groups in total. The topological polar surface area (TPSA) is 107 Å². The summed E-state index contributed by atoms with van der Waals surface area (Å²) in [6, 6.07) is -0.445. The molecule has 4 amide bonds. The molecule has 1 aliphatic heterocycles. The van der Waals surface area contributed by atoms with Gasteiger partial charge in [0.25, 0.3) is 5.91 Å². The minimum absolute atomic E-state index is 0.214. The third-order valence-corrected chi connectivity index (χ3v) is 5.96. The largest absolute Gasteiger partial charge is 0.355 e. The van der Waals surface area contributed by atoms with E-state index in [1.54, 1.807) is 6.20 Å². The van der Waals surface area contributed by atoms with Crippen molar-refractivity contribution in [3.8, 4) is 0 Å². The number of hydrogen-bond acceptors (Lipinski definition) is 4. The van der Waals surface area contributed by atoms with Gasteiger partial charge in [0.2, 0.25) is 5.91 Å². The zero-order valence-corrected chi connectivity index (χ0v) is 16.1. The lowest BCUT2D eigenvalue weighted by atomic mass is 9.75. The third-order valence-electron chi connectivity index (χ3n) is 5.96. The summed E-state index contributed by atoms with van der Waals surface area (Å²) in [6.45, 7) is 4.40. The predicted octanol–water partition coefficient (Wildman–Crippen LogP) is 1.66. The molecular formula is C19H29N5O3. The standard InChI is InChI=1S/C19H29N5O3/c1-3-14-6-8-19(9-7-14)17(26)24(18(27)22-19)12-16(25)20-10-4-5-15-11-21-23-13(15)2/h11,14H,3-10,12H2,1-2H3,(H,20,25)(H,21,23)(H,22,27). The summed E-state index contributed by atoms with van der Waals surface area (Å²) in [4.78, 5) is 38.3. The first-order valence-corrected chi connectivity index (χ1v) is 9.85. The molecule has 0 bridgehead atoms. The van der Waals surface area contributed by atoms with Crippen LogP contribution in [0.2, 0.25) is 0 Å². The number of hydrogen-bond donors (Lipinski definition) is 3. The smallest absolute Gasteiger partial charge is 0.325 e. The number of H-pyrrole nitrogens is 1. The minimum atomic E-state index is -0.790. The molecule has 8 nitrogen and oxygen atoms in total. The van der Waals surface area contributed by atoms with Crippen molar-refractivity contribution in [3.05, 3.63) is 17.5 Å². The fraction of sp³-hybridized carbons (Fsp3) is 0.684. The first-order valence-electron chi connectivity index (χ1n) is 9.85. The zero-order chi connectivity index (χ0) is 19.4. The Morgan fingerprint density at radius 3 is 2.74 bits per heavy atom. The van der Waals surface area contributed by atoms with Gasteiger partial charge in [0.15, 0.2) is 0 Å². The number of carbonyl (C=O) groups excluding carboxylic acids is 3. The first-order chi connectivity index (χ1) is 12.9. The second kappa shape index (κ2) is 8.10. The maximum Gasteiger partial charge on any atom is 0.325 e. The SMILES string of the molecule is CCC1CCC2(CC1)NC(=O)N(CC(=O)NCCCc1cn[nH]c1C)C2=O. The number of nitrogens with one attached hydrogen (secondary N) is 3. The summed E-state index contributed by atoms with van der Waals surface area (Å²) in [7, 11) is 0. The zero-order valence-electron chi connectivity index (χ0n) is 16.1. The van der Waals surface area contributed by atoms with Gasteiger partial charge >= 0.3 is 6.03 Å². The van der Waals surface area contributed by atoms with E-state index >= 15 is 0 Å². The molecule has 1 saturated carbocycles. The molecule has 1 spiro atoms. The van der Waals surface area contributed by atoms with Gasteiger partial charge in [-0.15, -0.1) is 0 Å². The Morgan fingerprint density at radius 2 is 2.11 bits per heavy atom. The van der Waals surface area contributed by atoms with Crippen LogP contribution in [0, 0.1) is 12.8 Å². The van der Waals surface area contributed by atoms with Gasteiger partial charge in [0, 0.05) is 12.2 Å². The molecule has 2 fully saturated rings. The Balaban J connectivity index is 1.45. The van der Waals surface area contributed by atoms with Gasteiger partial charge in [0.1, 0.15) is 12.1 Å². The highest BCUT2D eigenvalue weighted by molar-refractivity contribution is 6.09. The van der Waals surface area contributed by atoms with Crippen molar-refractivity contribution in [1.82, 2.24) is 25.7 Å². The fourth-order valence-electron chi connectivity index (χ4n) is 4.07. The maximum atomic E-state index is 12.8. The highest BCUT2D eigenvalue weighted by atomic mass is 16.2. The molecule has 1 aromatic heterocycles. The van der Waals surface area contributed by atoms with E-state index < -0.39 is 11.6 Å². The lowest BCUT2D eigenvalue weighted by Crippen LogP contribution is -2.50. The average Bonchev–Trinajstić information content (AvgIpc) is 3.16. The molecule has 8 heteroatoms. The van der Waals surface area contributed by atoms with E-state index in [1.807, 2.05) is 6.92 Å². The van der Waals surface area contributed by atoms with E-state index in [0.717, 1.165) is 48.3 Å². The average molecular weight is 375 g/mol. The highest BCUT2D eigenvalue weighted by Gasteiger charge is 2.52. The molecule has 148 valence electrons. The molecule has 1 saturated heterocycles. The Bertz CT molecular complexity index is 706. The van der Waals surface area contributed by atoms with Crippen LogP contribution in [0.25, 0.3) is 0 Å².